The average Bonchev–Trinajstić information content (AvgIpc) is 2.76. The summed E-state index contributed by atoms with van der Waals surface area (Å²) in [6, 6.07) is 9.74. The van der Waals surface area contributed by atoms with E-state index in [4.69, 9.17) is 0 Å². The molecule has 1 aromatic carbocycles. The normalized spacial score (nSPS) is 20.8. The summed E-state index contributed by atoms with van der Waals surface area (Å²) < 4.78 is 0. The van der Waals surface area contributed by atoms with E-state index < -0.39 is 0 Å². The van der Waals surface area contributed by atoms with E-state index in [1.54, 1.807) is 0 Å². The van der Waals surface area contributed by atoms with Crippen LogP contribution in [0.5, 0.6) is 0 Å². The fourth-order valence-electron chi connectivity index (χ4n) is 2.64. The first kappa shape index (κ1) is 13.6. The fraction of sp³-hybridized carbons (Fsp3) is 0.625. The zero-order valence-electron chi connectivity index (χ0n) is 11.9. The van der Waals surface area contributed by atoms with Gasteiger partial charge in [0, 0.05) is 19.1 Å². The number of hydrogen-bond acceptors (Lipinski definition) is 2. The molecule has 0 spiro atoms. The van der Waals surface area contributed by atoms with Crippen molar-refractivity contribution in [2.75, 3.05) is 20.1 Å². The first-order valence-corrected chi connectivity index (χ1v) is 7.16. The monoisotopic (exact) mass is 246 g/mol. The highest BCUT2D eigenvalue weighted by Crippen LogP contribution is 2.15. The van der Waals surface area contributed by atoms with Crippen molar-refractivity contribution in [3.8, 4) is 0 Å². The fourth-order valence-corrected chi connectivity index (χ4v) is 2.64. The maximum absolute atomic E-state index is 3.58. The van der Waals surface area contributed by atoms with Crippen LogP contribution < -0.4 is 5.32 Å². The van der Waals surface area contributed by atoms with E-state index in [-0.39, 0.29) is 0 Å². The van der Waals surface area contributed by atoms with Crippen LogP contribution in [0.4, 0.5) is 0 Å². The van der Waals surface area contributed by atoms with Crippen molar-refractivity contribution in [3.63, 3.8) is 0 Å². The summed E-state index contributed by atoms with van der Waals surface area (Å²) in [6.07, 6.45) is 2.70. The number of benzene rings is 1. The van der Waals surface area contributed by atoms with Crippen LogP contribution >= 0.6 is 0 Å². The lowest BCUT2D eigenvalue weighted by molar-refractivity contribution is 0.300. The van der Waals surface area contributed by atoms with Crippen LogP contribution in [-0.2, 0) is 6.54 Å². The molecule has 2 rings (SSSR count). The van der Waals surface area contributed by atoms with Crippen LogP contribution in [0.3, 0.4) is 0 Å². The minimum absolute atomic E-state index is 0.624. The Morgan fingerprint density at radius 2 is 2.00 bits per heavy atom. The summed E-state index contributed by atoms with van der Waals surface area (Å²) in [4.78, 5) is 2.47. The van der Waals surface area contributed by atoms with Crippen LogP contribution in [-0.4, -0.2) is 31.1 Å². The number of nitrogens with one attached hydrogen (secondary N) is 1. The van der Waals surface area contributed by atoms with Crippen LogP contribution in [0.15, 0.2) is 24.3 Å². The van der Waals surface area contributed by atoms with Crippen molar-refractivity contribution in [2.45, 2.75) is 45.2 Å². The van der Waals surface area contributed by atoms with E-state index in [0.29, 0.717) is 5.92 Å². The zero-order chi connectivity index (χ0) is 13.0. The van der Waals surface area contributed by atoms with Gasteiger partial charge in [-0.3, -0.25) is 0 Å². The molecule has 1 aliphatic rings. The van der Waals surface area contributed by atoms with E-state index in [1.807, 2.05) is 0 Å². The van der Waals surface area contributed by atoms with Gasteiger partial charge in [0.15, 0.2) is 0 Å². The highest BCUT2D eigenvalue weighted by atomic mass is 15.2. The van der Waals surface area contributed by atoms with Crippen molar-refractivity contribution in [1.29, 1.82) is 0 Å². The summed E-state index contributed by atoms with van der Waals surface area (Å²) in [6.45, 7) is 7.84. The Balaban J connectivity index is 1.76. The number of nitrogens with zero attached hydrogens (tertiary/aromatic N) is 1. The second-order valence-electron chi connectivity index (χ2n) is 5.80. The van der Waals surface area contributed by atoms with Gasteiger partial charge in [-0.25, -0.2) is 0 Å². The molecule has 1 fully saturated rings. The lowest BCUT2D eigenvalue weighted by Gasteiger charge is -2.19. The molecule has 0 aromatic heterocycles. The number of rotatable bonds is 5. The van der Waals surface area contributed by atoms with Gasteiger partial charge in [0.05, 0.1) is 0 Å². The topological polar surface area (TPSA) is 15.3 Å². The molecule has 1 atom stereocenters. The van der Waals surface area contributed by atoms with Gasteiger partial charge in [-0.05, 0) is 43.5 Å². The summed E-state index contributed by atoms with van der Waals surface area (Å²) in [7, 11) is 2.23. The summed E-state index contributed by atoms with van der Waals surface area (Å²) in [5.41, 5.74) is 2.81. The third kappa shape index (κ3) is 3.56. The van der Waals surface area contributed by atoms with E-state index in [1.165, 1.54) is 30.5 Å². The number of likely N-dealkylation sites (tertiary alicyclic amines) is 1. The SMILES string of the molecule is CC(C)c1ccc(CNCC2CCCN2C)cc1. The van der Waals surface area contributed by atoms with Gasteiger partial charge >= 0.3 is 0 Å². The second kappa shape index (κ2) is 6.35. The minimum Gasteiger partial charge on any atom is -0.311 e. The molecule has 1 unspecified atom stereocenters. The van der Waals surface area contributed by atoms with Gasteiger partial charge < -0.3 is 10.2 Å². The third-order valence-electron chi connectivity index (χ3n) is 4.03. The van der Waals surface area contributed by atoms with Crippen molar-refractivity contribution in [1.82, 2.24) is 10.2 Å². The average molecular weight is 246 g/mol. The molecule has 18 heavy (non-hydrogen) atoms. The maximum Gasteiger partial charge on any atom is 0.0218 e. The van der Waals surface area contributed by atoms with Crippen molar-refractivity contribution < 1.29 is 0 Å². The Hall–Kier alpha value is -0.860. The first-order valence-electron chi connectivity index (χ1n) is 7.16. The smallest absolute Gasteiger partial charge is 0.0218 e. The quantitative estimate of drug-likeness (QED) is 0.859. The van der Waals surface area contributed by atoms with Crippen LogP contribution in [0.2, 0.25) is 0 Å². The van der Waals surface area contributed by atoms with Gasteiger partial charge in [0.1, 0.15) is 0 Å². The summed E-state index contributed by atoms with van der Waals surface area (Å²) in [5, 5.41) is 3.58. The molecule has 0 radical (unpaired) electrons. The Morgan fingerprint density at radius 1 is 1.28 bits per heavy atom. The van der Waals surface area contributed by atoms with E-state index in [9.17, 15) is 0 Å². The number of likely N-dealkylation sites (N-methyl/N-ethyl adjacent to an activating group) is 1. The molecule has 0 bridgehead atoms. The van der Waals surface area contributed by atoms with E-state index >= 15 is 0 Å². The Bertz CT molecular complexity index is 356. The van der Waals surface area contributed by atoms with Crippen LogP contribution in [0, 0.1) is 0 Å². The molecule has 1 aliphatic heterocycles. The highest BCUT2D eigenvalue weighted by molar-refractivity contribution is 5.24. The van der Waals surface area contributed by atoms with Gasteiger partial charge in [-0.15, -0.1) is 0 Å². The molecule has 0 saturated carbocycles. The van der Waals surface area contributed by atoms with Crippen molar-refractivity contribution >= 4 is 0 Å². The highest BCUT2D eigenvalue weighted by Gasteiger charge is 2.19. The van der Waals surface area contributed by atoms with Gasteiger partial charge in [0.25, 0.3) is 0 Å². The predicted molar refractivity (Wildman–Crippen MR) is 77.9 cm³/mol. The van der Waals surface area contributed by atoms with E-state index in [0.717, 1.165) is 19.1 Å². The van der Waals surface area contributed by atoms with Gasteiger partial charge in [-0.1, -0.05) is 38.1 Å². The first-order chi connectivity index (χ1) is 8.66. The molecule has 1 heterocycles. The molecule has 1 aromatic rings. The summed E-state index contributed by atoms with van der Waals surface area (Å²) in [5.74, 6) is 0.624. The largest absolute Gasteiger partial charge is 0.311 e. The van der Waals surface area contributed by atoms with E-state index in [2.05, 4.69) is 55.4 Å². The van der Waals surface area contributed by atoms with Crippen molar-refractivity contribution in [3.05, 3.63) is 35.4 Å². The summed E-state index contributed by atoms with van der Waals surface area (Å²) >= 11 is 0. The molecule has 1 N–H and O–H groups in total. The number of hydrogen-bond donors (Lipinski definition) is 1. The molecule has 2 heteroatoms. The van der Waals surface area contributed by atoms with Gasteiger partial charge in [0.2, 0.25) is 0 Å². The molecule has 1 saturated heterocycles. The standard InChI is InChI=1S/C16H26N2/c1-13(2)15-8-6-14(7-9-15)11-17-12-16-5-4-10-18(16)3/h6-9,13,16-17H,4-5,10-12H2,1-3H3. The van der Waals surface area contributed by atoms with Crippen LogP contribution in [0.25, 0.3) is 0 Å². The molecule has 100 valence electrons. The Morgan fingerprint density at radius 3 is 2.56 bits per heavy atom. The third-order valence-corrected chi connectivity index (χ3v) is 4.03. The minimum atomic E-state index is 0.624. The molecule has 2 nitrogen and oxygen atoms in total. The molecular weight excluding hydrogens is 220 g/mol. The maximum atomic E-state index is 3.58. The van der Waals surface area contributed by atoms with Crippen molar-refractivity contribution in [2.24, 2.45) is 0 Å². The molecular formula is C16H26N2. The zero-order valence-corrected chi connectivity index (χ0v) is 11.9. The Labute approximate surface area is 111 Å². The second-order valence-corrected chi connectivity index (χ2v) is 5.80. The predicted octanol–water partition coefficient (Wildman–Crippen LogP) is 2.99. The molecule has 0 aliphatic carbocycles. The lowest BCUT2D eigenvalue weighted by atomic mass is 10.0. The Kier molecular flexibility index (Phi) is 4.79. The lowest BCUT2D eigenvalue weighted by Crippen LogP contribution is -2.35. The van der Waals surface area contributed by atoms with Crippen LogP contribution in [0.1, 0.15) is 43.7 Å². The molecule has 0 amide bonds. The van der Waals surface area contributed by atoms with Gasteiger partial charge in [-0.2, -0.15) is 0 Å².